The van der Waals surface area contributed by atoms with Gasteiger partial charge in [-0.1, -0.05) is 0 Å². The Morgan fingerprint density at radius 3 is 2.66 bits per heavy atom. The van der Waals surface area contributed by atoms with E-state index in [1.807, 2.05) is 5.32 Å². The third-order valence-corrected chi connectivity index (χ3v) is 7.63. The molecule has 1 saturated carbocycles. The van der Waals surface area contributed by atoms with Gasteiger partial charge in [0.05, 0.1) is 35.7 Å². The van der Waals surface area contributed by atoms with Gasteiger partial charge in [-0.25, -0.2) is 18.6 Å². The molecular formula is C23H24F5N7O2S. The van der Waals surface area contributed by atoms with Crippen LogP contribution >= 0.6 is 11.7 Å². The average molecular weight is 558 g/mol. The van der Waals surface area contributed by atoms with E-state index in [9.17, 15) is 31.5 Å². The van der Waals surface area contributed by atoms with Crippen LogP contribution in [0.1, 0.15) is 59.2 Å². The number of fused-ring (bicyclic) bond motifs is 1. The molecule has 9 nitrogen and oxygen atoms in total. The van der Waals surface area contributed by atoms with Crippen LogP contribution < -0.4 is 10.6 Å². The summed E-state index contributed by atoms with van der Waals surface area (Å²) in [5.41, 5.74) is 2.08. The van der Waals surface area contributed by atoms with Crippen LogP contribution in [0.4, 0.5) is 26.7 Å². The van der Waals surface area contributed by atoms with Gasteiger partial charge in [0, 0.05) is 31.8 Å². The smallest absolute Gasteiger partial charge is 0.342 e. The Kier molecular flexibility index (Phi) is 6.73. The second kappa shape index (κ2) is 9.75. The summed E-state index contributed by atoms with van der Waals surface area (Å²) in [5.74, 6) is -3.51. The molecule has 0 spiro atoms. The summed E-state index contributed by atoms with van der Waals surface area (Å²) in [4.78, 5) is 30.7. The highest BCUT2D eigenvalue weighted by Gasteiger charge is 2.46. The second-order valence-electron chi connectivity index (χ2n) is 9.73. The minimum Gasteiger partial charge on any atom is -0.342 e. The summed E-state index contributed by atoms with van der Waals surface area (Å²) < 4.78 is 76.4. The summed E-state index contributed by atoms with van der Waals surface area (Å²) in [6.07, 6.45) is -1.41. The molecule has 0 aromatic carbocycles. The molecule has 3 aromatic rings. The number of carbonyl (C=O) groups excluding carboxylic acids is 2. The summed E-state index contributed by atoms with van der Waals surface area (Å²) >= 11 is 0.898. The van der Waals surface area contributed by atoms with E-state index in [0.29, 0.717) is 22.6 Å². The number of amides is 3. The second-order valence-corrected chi connectivity index (χ2v) is 10.3. The lowest BCUT2D eigenvalue weighted by atomic mass is 9.81. The molecule has 5 rings (SSSR count). The molecule has 2 N–H and O–H groups in total. The van der Waals surface area contributed by atoms with E-state index in [4.69, 9.17) is 0 Å². The van der Waals surface area contributed by atoms with Gasteiger partial charge >= 0.3 is 12.2 Å². The van der Waals surface area contributed by atoms with E-state index >= 15 is 0 Å². The molecule has 3 aromatic heterocycles. The Morgan fingerprint density at radius 1 is 1.29 bits per heavy atom. The number of nitrogens with one attached hydrogen (secondary N) is 2. The number of urea groups is 1. The molecule has 4 heterocycles. The molecule has 0 radical (unpaired) electrons. The van der Waals surface area contributed by atoms with Gasteiger partial charge in [0.2, 0.25) is 5.92 Å². The van der Waals surface area contributed by atoms with Crippen molar-refractivity contribution in [3.05, 3.63) is 47.2 Å². The van der Waals surface area contributed by atoms with Gasteiger partial charge in [-0.05, 0) is 43.4 Å². The first-order valence-electron chi connectivity index (χ1n) is 12.0. The molecule has 1 unspecified atom stereocenters. The molecule has 15 heteroatoms. The molecule has 1 aliphatic heterocycles. The fraction of sp³-hybridized carbons (Fsp3) is 0.522. The highest BCUT2D eigenvalue weighted by molar-refractivity contribution is 6.99. The number of nitrogens with zero attached hydrogens (tertiary/aromatic N) is 5. The van der Waals surface area contributed by atoms with E-state index < -0.39 is 42.7 Å². The quantitative estimate of drug-likeness (QED) is 0.441. The Bertz CT molecular complexity index is 1350. The van der Waals surface area contributed by atoms with Crippen molar-refractivity contribution in [3.63, 3.8) is 0 Å². The van der Waals surface area contributed by atoms with Crippen LogP contribution in [-0.4, -0.2) is 59.7 Å². The minimum atomic E-state index is -4.54. The maximum atomic E-state index is 13.9. The van der Waals surface area contributed by atoms with Crippen LogP contribution in [0.5, 0.6) is 0 Å². The number of carbonyl (C=O) groups is 2. The van der Waals surface area contributed by atoms with E-state index in [1.54, 1.807) is 35.9 Å². The maximum absolute atomic E-state index is 13.9. The van der Waals surface area contributed by atoms with Gasteiger partial charge in [0.15, 0.2) is 5.69 Å². The molecule has 204 valence electrons. The lowest BCUT2D eigenvalue weighted by molar-refractivity contribution is -0.149. The number of hydrogen-bond acceptors (Lipinski definition) is 6. The molecule has 38 heavy (non-hydrogen) atoms. The number of imidazole rings is 1. The molecule has 2 fully saturated rings. The van der Waals surface area contributed by atoms with Crippen molar-refractivity contribution in [1.82, 2.24) is 33.7 Å². The number of rotatable bonds is 6. The number of aromatic nitrogens is 4. The highest BCUT2D eigenvalue weighted by atomic mass is 32.1. The van der Waals surface area contributed by atoms with Crippen molar-refractivity contribution >= 4 is 29.3 Å². The Labute approximate surface area is 217 Å². The zero-order valence-corrected chi connectivity index (χ0v) is 21.0. The number of aryl methyl sites for hydroxylation is 1. The number of halogens is 5. The van der Waals surface area contributed by atoms with Gasteiger partial charge in [0.25, 0.3) is 5.91 Å². The predicted molar refractivity (Wildman–Crippen MR) is 126 cm³/mol. The fourth-order valence-corrected chi connectivity index (χ4v) is 5.45. The van der Waals surface area contributed by atoms with E-state index in [1.165, 1.54) is 0 Å². The zero-order chi connectivity index (χ0) is 27.2. The average Bonchev–Trinajstić information content (AvgIpc) is 3.56. The normalized spacial score (nSPS) is 21.1. The van der Waals surface area contributed by atoms with Crippen LogP contribution in [-0.2, 0) is 6.54 Å². The van der Waals surface area contributed by atoms with Crippen LogP contribution in [0.25, 0.3) is 5.65 Å². The Balaban J connectivity index is 1.38. The number of pyridine rings is 1. The largest absolute Gasteiger partial charge is 0.410 e. The molecule has 1 saturated heterocycles. The standard InChI is InChI=1S/C23H24F5N7O2S/c1-12-18(33-38-32-12)20(36)31-19(14-2-5-22(24,25)6-3-14)15-10-34-7-4-13(8-17(34)29-15)9-35-11-16(23(26,27)28)30-21(35)37/h4,7-8,10,14,16,19H,2-3,5-6,9,11H2,1H3,(H,30,37)(H,31,36)/t16-,19?/m0/s1. The SMILES string of the molecule is Cc1nsnc1C(=O)NC(c1cn2ccc(CN3C[C@@H](C(F)(F)F)NC3=O)cc2n1)C1CCC(F)(F)CC1. The first-order chi connectivity index (χ1) is 17.9. The van der Waals surface area contributed by atoms with Crippen molar-refractivity contribution in [2.24, 2.45) is 5.92 Å². The van der Waals surface area contributed by atoms with Crippen molar-refractivity contribution < 1.29 is 31.5 Å². The van der Waals surface area contributed by atoms with Gasteiger partial charge in [-0.15, -0.1) is 0 Å². The van der Waals surface area contributed by atoms with Crippen LogP contribution in [0, 0.1) is 12.8 Å². The Hall–Kier alpha value is -3.36. The predicted octanol–water partition coefficient (Wildman–Crippen LogP) is 4.25. The van der Waals surface area contributed by atoms with Gasteiger partial charge in [0.1, 0.15) is 11.7 Å². The van der Waals surface area contributed by atoms with Crippen molar-refractivity contribution in [1.29, 1.82) is 0 Å². The first kappa shape index (κ1) is 26.3. The van der Waals surface area contributed by atoms with Crippen LogP contribution in [0.2, 0.25) is 0 Å². The lowest BCUT2D eigenvalue weighted by Crippen LogP contribution is -2.40. The number of hydrogen-bond donors (Lipinski definition) is 2. The molecular weight excluding hydrogens is 533 g/mol. The Morgan fingerprint density at radius 2 is 2.03 bits per heavy atom. The van der Waals surface area contributed by atoms with E-state index in [-0.39, 0.29) is 43.8 Å². The maximum Gasteiger partial charge on any atom is 0.410 e. The summed E-state index contributed by atoms with van der Waals surface area (Å²) in [5, 5.41) is 4.84. The van der Waals surface area contributed by atoms with Gasteiger partial charge < -0.3 is 19.9 Å². The summed E-state index contributed by atoms with van der Waals surface area (Å²) in [6.45, 7) is 1.10. The molecule has 2 atom stereocenters. The summed E-state index contributed by atoms with van der Waals surface area (Å²) in [6, 6.07) is -0.105. The molecule has 0 bridgehead atoms. The number of alkyl halides is 5. The van der Waals surface area contributed by atoms with Crippen LogP contribution in [0.15, 0.2) is 24.5 Å². The van der Waals surface area contributed by atoms with Crippen molar-refractivity contribution in [3.8, 4) is 0 Å². The lowest BCUT2D eigenvalue weighted by Gasteiger charge is -2.33. The third-order valence-electron chi connectivity index (χ3n) is 7.01. The zero-order valence-electron chi connectivity index (χ0n) is 20.1. The topological polar surface area (TPSA) is 105 Å². The van der Waals surface area contributed by atoms with Crippen molar-refractivity contribution in [2.45, 2.75) is 63.3 Å². The highest BCUT2D eigenvalue weighted by Crippen LogP contribution is 2.41. The fourth-order valence-electron chi connectivity index (χ4n) is 4.90. The third kappa shape index (κ3) is 5.42. The monoisotopic (exact) mass is 557 g/mol. The molecule has 3 amide bonds. The molecule has 2 aliphatic rings. The van der Waals surface area contributed by atoms with E-state index in [0.717, 1.165) is 16.6 Å². The summed E-state index contributed by atoms with van der Waals surface area (Å²) in [7, 11) is 0. The first-order valence-corrected chi connectivity index (χ1v) is 12.7. The van der Waals surface area contributed by atoms with Gasteiger partial charge in [-0.2, -0.15) is 21.9 Å². The van der Waals surface area contributed by atoms with E-state index in [2.05, 4.69) is 19.0 Å². The minimum absolute atomic E-state index is 0.0505. The van der Waals surface area contributed by atoms with Crippen molar-refractivity contribution in [2.75, 3.05) is 6.54 Å². The van der Waals surface area contributed by atoms with Crippen LogP contribution in [0.3, 0.4) is 0 Å². The van der Waals surface area contributed by atoms with Gasteiger partial charge in [-0.3, -0.25) is 4.79 Å². The molecule has 1 aliphatic carbocycles.